The summed E-state index contributed by atoms with van der Waals surface area (Å²) in [6, 6.07) is 8.28. The molecule has 1 aromatic carbocycles. The summed E-state index contributed by atoms with van der Waals surface area (Å²) < 4.78 is 5.33. The molecular formula is C22H32N2O3. The molecule has 1 aromatic rings. The van der Waals surface area contributed by atoms with E-state index in [4.69, 9.17) is 10.00 Å². The molecule has 0 aliphatic heterocycles. The highest BCUT2D eigenvalue weighted by Gasteiger charge is 2.31. The number of hydrogen-bond acceptors (Lipinski definition) is 4. The predicted molar refractivity (Wildman–Crippen MR) is 106 cm³/mol. The lowest BCUT2D eigenvalue weighted by atomic mass is 10.0. The highest BCUT2D eigenvalue weighted by molar-refractivity contribution is 5.97. The smallest absolute Gasteiger partial charge is 0.331 e. The monoisotopic (exact) mass is 372 g/mol. The van der Waals surface area contributed by atoms with Gasteiger partial charge in [0.15, 0.2) is 0 Å². The Hall–Kier alpha value is -2.35. The number of hydrogen-bond donors (Lipinski definition) is 1. The second-order valence-electron chi connectivity index (χ2n) is 7.38. The first-order valence-electron chi connectivity index (χ1n) is 9.90. The Kier molecular flexibility index (Phi) is 10.2. The first-order chi connectivity index (χ1) is 12.9. The van der Waals surface area contributed by atoms with Crippen molar-refractivity contribution in [3.63, 3.8) is 0 Å². The van der Waals surface area contributed by atoms with Crippen molar-refractivity contribution >= 4 is 11.9 Å². The van der Waals surface area contributed by atoms with Crippen LogP contribution in [0.4, 0.5) is 0 Å². The van der Waals surface area contributed by atoms with Gasteiger partial charge in [-0.3, -0.25) is 4.79 Å². The van der Waals surface area contributed by atoms with Crippen LogP contribution in [-0.2, 0) is 9.53 Å². The van der Waals surface area contributed by atoms with Gasteiger partial charge in [-0.25, -0.2) is 4.79 Å². The number of rotatable bonds is 12. The number of amides is 1. The van der Waals surface area contributed by atoms with E-state index in [1.54, 1.807) is 38.1 Å². The molecule has 5 heteroatoms. The minimum Gasteiger partial charge on any atom is -0.464 e. The maximum Gasteiger partial charge on any atom is 0.331 e. The van der Waals surface area contributed by atoms with E-state index in [1.165, 1.54) is 38.5 Å². The van der Waals surface area contributed by atoms with Gasteiger partial charge in [-0.05, 0) is 44.5 Å². The van der Waals surface area contributed by atoms with Gasteiger partial charge >= 0.3 is 5.97 Å². The molecule has 1 rings (SSSR count). The maximum atomic E-state index is 12.3. The third-order valence-electron chi connectivity index (χ3n) is 4.44. The number of unbranched alkanes of at least 4 members (excludes halogenated alkanes) is 7. The third kappa shape index (κ3) is 8.72. The summed E-state index contributed by atoms with van der Waals surface area (Å²) in [4.78, 5) is 24.5. The Bertz CT molecular complexity index is 630. The van der Waals surface area contributed by atoms with Crippen LogP contribution in [0.15, 0.2) is 24.3 Å². The van der Waals surface area contributed by atoms with Gasteiger partial charge in [0.05, 0.1) is 18.2 Å². The fourth-order valence-electron chi connectivity index (χ4n) is 2.68. The summed E-state index contributed by atoms with van der Waals surface area (Å²) in [6.07, 6.45) is 9.45. The molecule has 1 N–H and O–H groups in total. The van der Waals surface area contributed by atoms with Crippen molar-refractivity contribution in [3.8, 4) is 6.07 Å². The number of ether oxygens (including phenoxy) is 1. The molecule has 27 heavy (non-hydrogen) atoms. The predicted octanol–water partition coefficient (Wildman–Crippen LogP) is 4.75. The summed E-state index contributed by atoms with van der Waals surface area (Å²) in [5.74, 6) is -0.805. The second kappa shape index (κ2) is 12.1. The Morgan fingerprint density at radius 3 is 2.11 bits per heavy atom. The molecule has 0 aromatic heterocycles. The average Bonchev–Trinajstić information content (AvgIpc) is 2.66. The highest BCUT2D eigenvalue weighted by atomic mass is 16.5. The van der Waals surface area contributed by atoms with Crippen molar-refractivity contribution in [1.29, 1.82) is 5.26 Å². The number of nitrogens with one attached hydrogen (secondary N) is 1. The molecule has 0 aliphatic carbocycles. The Labute approximate surface area is 163 Å². The van der Waals surface area contributed by atoms with Gasteiger partial charge < -0.3 is 10.1 Å². The van der Waals surface area contributed by atoms with Gasteiger partial charge in [0.2, 0.25) is 0 Å². The van der Waals surface area contributed by atoms with Gasteiger partial charge in [-0.1, -0.05) is 51.9 Å². The molecule has 1 amide bonds. The summed E-state index contributed by atoms with van der Waals surface area (Å²) in [5, 5.41) is 11.5. The molecule has 0 spiro atoms. The molecule has 0 fully saturated rings. The van der Waals surface area contributed by atoms with Crippen molar-refractivity contribution < 1.29 is 14.3 Å². The first kappa shape index (κ1) is 22.7. The zero-order chi connectivity index (χ0) is 20.1. The van der Waals surface area contributed by atoms with E-state index in [0.717, 1.165) is 12.8 Å². The minimum absolute atomic E-state index is 0.367. The van der Waals surface area contributed by atoms with Gasteiger partial charge in [-0.2, -0.15) is 5.26 Å². The molecule has 0 saturated carbocycles. The molecule has 0 bridgehead atoms. The van der Waals surface area contributed by atoms with E-state index in [0.29, 0.717) is 17.7 Å². The molecule has 0 radical (unpaired) electrons. The number of benzene rings is 1. The molecule has 0 saturated heterocycles. The molecule has 148 valence electrons. The summed E-state index contributed by atoms with van der Waals surface area (Å²) in [5.41, 5.74) is -0.223. The number of carbonyl (C=O) groups excluding carboxylic acids is 2. The van der Waals surface area contributed by atoms with Crippen molar-refractivity contribution in [1.82, 2.24) is 5.32 Å². The fraction of sp³-hybridized carbons (Fsp3) is 0.591. The number of nitriles is 1. The Morgan fingerprint density at radius 1 is 1.00 bits per heavy atom. The Balaban J connectivity index is 2.29. The fourth-order valence-corrected chi connectivity index (χ4v) is 2.68. The summed E-state index contributed by atoms with van der Waals surface area (Å²) in [7, 11) is 0. The van der Waals surface area contributed by atoms with Crippen molar-refractivity contribution in [2.24, 2.45) is 0 Å². The lowest BCUT2D eigenvalue weighted by Crippen LogP contribution is -2.50. The summed E-state index contributed by atoms with van der Waals surface area (Å²) >= 11 is 0. The molecule has 0 atom stereocenters. The minimum atomic E-state index is -1.11. The standard InChI is InChI=1S/C22H32N2O3/c1-4-5-6-7-8-9-10-11-16-27-21(26)22(2,3)24-20(25)19-14-12-18(17-23)13-15-19/h12-15H,4-11,16H2,1-3H3,(H,24,25). The van der Waals surface area contributed by atoms with Crippen LogP contribution in [0.2, 0.25) is 0 Å². The molecule has 0 aliphatic rings. The van der Waals surface area contributed by atoms with Crippen LogP contribution in [0, 0.1) is 11.3 Å². The zero-order valence-corrected chi connectivity index (χ0v) is 16.8. The van der Waals surface area contributed by atoms with Crippen LogP contribution in [0.5, 0.6) is 0 Å². The van der Waals surface area contributed by atoms with Crippen LogP contribution >= 0.6 is 0 Å². The quantitative estimate of drug-likeness (QED) is 0.424. The van der Waals surface area contributed by atoms with Crippen LogP contribution in [0.1, 0.15) is 88.1 Å². The van der Waals surface area contributed by atoms with Crippen LogP contribution in [0.25, 0.3) is 0 Å². The first-order valence-corrected chi connectivity index (χ1v) is 9.90. The summed E-state index contributed by atoms with van der Waals surface area (Å²) in [6.45, 7) is 5.85. The number of nitrogens with zero attached hydrogens (tertiary/aromatic N) is 1. The number of carbonyl (C=O) groups is 2. The van der Waals surface area contributed by atoms with Gasteiger partial charge in [0.1, 0.15) is 5.54 Å². The normalized spacial score (nSPS) is 10.9. The Morgan fingerprint density at radius 2 is 1.56 bits per heavy atom. The number of esters is 1. The largest absolute Gasteiger partial charge is 0.464 e. The van der Waals surface area contributed by atoms with Crippen LogP contribution in [-0.4, -0.2) is 24.0 Å². The lowest BCUT2D eigenvalue weighted by molar-refractivity contribution is -0.150. The van der Waals surface area contributed by atoms with Crippen molar-refractivity contribution in [2.45, 2.75) is 77.7 Å². The molecule has 0 unspecified atom stereocenters. The van der Waals surface area contributed by atoms with Crippen LogP contribution in [0.3, 0.4) is 0 Å². The van der Waals surface area contributed by atoms with E-state index >= 15 is 0 Å². The van der Waals surface area contributed by atoms with E-state index in [9.17, 15) is 9.59 Å². The van der Waals surface area contributed by atoms with E-state index < -0.39 is 11.5 Å². The SMILES string of the molecule is CCCCCCCCCCOC(=O)C(C)(C)NC(=O)c1ccc(C#N)cc1. The van der Waals surface area contributed by atoms with Crippen molar-refractivity contribution in [2.75, 3.05) is 6.61 Å². The topological polar surface area (TPSA) is 79.2 Å². The molecular weight excluding hydrogens is 340 g/mol. The molecule has 5 nitrogen and oxygen atoms in total. The van der Waals surface area contributed by atoms with E-state index in [-0.39, 0.29) is 5.91 Å². The van der Waals surface area contributed by atoms with Gasteiger partial charge in [0.25, 0.3) is 5.91 Å². The van der Waals surface area contributed by atoms with E-state index in [2.05, 4.69) is 12.2 Å². The highest BCUT2D eigenvalue weighted by Crippen LogP contribution is 2.11. The zero-order valence-electron chi connectivity index (χ0n) is 16.8. The molecule has 0 heterocycles. The maximum absolute atomic E-state index is 12.3. The second-order valence-corrected chi connectivity index (χ2v) is 7.38. The third-order valence-corrected chi connectivity index (χ3v) is 4.44. The van der Waals surface area contributed by atoms with Gasteiger partial charge in [-0.15, -0.1) is 0 Å². The van der Waals surface area contributed by atoms with Gasteiger partial charge in [0, 0.05) is 5.56 Å². The average molecular weight is 373 g/mol. The van der Waals surface area contributed by atoms with Crippen LogP contribution < -0.4 is 5.32 Å². The van der Waals surface area contributed by atoms with Crippen molar-refractivity contribution in [3.05, 3.63) is 35.4 Å². The lowest BCUT2D eigenvalue weighted by Gasteiger charge is -2.24. The van der Waals surface area contributed by atoms with E-state index in [1.807, 2.05) is 6.07 Å².